The van der Waals surface area contributed by atoms with Crippen LogP contribution in [-0.2, 0) is 11.2 Å². The first kappa shape index (κ1) is 18.8. The monoisotopic (exact) mass is 376 g/mol. The van der Waals surface area contributed by atoms with E-state index in [0.717, 1.165) is 42.4 Å². The van der Waals surface area contributed by atoms with Crippen molar-refractivity contribution in [2.24, 2.45) is 5.41 Å². The molecule has 1 fully saturated rings. The molecule has 0 radical (unpaired) electrons. The van der Waals surface area contributed by atoms with Gasteiger partial charge in [0.2, 0.25) is 0 Å². The van der Waals surface area contributed by atoms with Crippen LogP contribution in [0.4, 0.5) is 4.39 Å². The summed E-state index contributed by atoms with van der Waals surface area (Å²) in [6.45, 7) is 1.90. The summed E-state index contributed by atoms with van der Waals surface area (Å²) in [6, 6.07) is 16.4. The number of aliphatic hydroxyl groups excluding tert-OH is 1. The fourth-order valence-corrected chi connectivity index (χ4v) is 4.91. The largest absolute Gasteiger partial charge is 0.392 e. The molecule has 2 atom stereocenters. The minimum absolute atomic E-state index is 0.0529. The Kier molecular flexibility index (Phi) is 5.03. The molecule has 1 saturated carbocycles. The topological polar surface area (TPSA) is 37.3 Å². The van der Waals surface area contributed by atoms with Gasteiger partial charge in [0.1, 0.15) is 5.82 Å². The molecular weight excluding hydrogens is 351 g/mol. The highest BCUT2D eigenvalue weighted by Gasteiger charge is 2.48. The summed E-state index contributed by atoms with van der Waals surface area (Å²) in [5.74, 6) is -0.240. The quantitative estimate of drug-likeness (QED) is 0.741. The first-order valence-electron chi connectivity index (χ1n) is 9.93. The number of Topliss-reactive ketones (excluding diaryl/α,β-unsaturated/α-hetero) is 1. The standard InChI is InChI=1S/C25H25FO2/c1-17-22-8-5-9-23(27)25(22,15-19-6-3-2-4-7-19)16-20(24(17)28)14-18-10-12-21(26)13-11-18/h2-4,6-7,10-14,23,27H,5,8-9,15-16H2,1H3/b20-14+/t23-,25-/m0/s1. The van der Waals surface area contributed by atoms with Gasteiger partial charge in [0.15, 0.2) is 5.78 Å². The summed E-state index contributed by atoms with van der Waals surface area (Å²) in [5.41, 5.74) is 4.13. The maximum Gasteiger partial charge on any atom is 0.184 e. The first-order valence-corrected chi connectivity index (χ1v) is 9.93. The van der Waals surface area contributed by atoms with Crippen molar-refractivity contribution in [3.8, 4) is 0 Å². The Balaban J connectivity index is 1.80. The van der Waals surface area contributed by atoms with E-state index in [1.54, 1.807) is 12.1 Å². The van der Waals surface area contributed by atoms with E-state index in [1.807, 2.05) is 31.2 Å². The molecule has 4 rings (SSSR count). The van der Waals surface area contributed by atoms with Crippen LogP contribution in [0.5, 0.6) is 0 Å². The number of hydrogen-bond acceptors (Lipinski definition) is 2. The highest BCUT2D eigenvalue weighted by molar-refractivity contribution is 6.12. The molecule has 1 N–H and O–H groups in total. The lowest BCUT2D eigenvalue weighted by Crippen LogP contribution is -2.46. The second kappa shape index (κ2) is 7.48. The number of aliphatic hydroxyl groups is 1. The number of halogens is 1. The normalized spacial score (nSPS) is 26.5. The number of ketones is 1. The number of rotatable bonds is 3. The number of allylic oxidation sites excluding steroid dienone is 2. The van der Waals surface area contributed by atoms with Crippen LogP contribution in [0.25, 0.3) is 6.08 Å². The zero-order valence-electron chi connectivity index (χ0n) is 16.1. The average molecular weight is 376 g/mol. The fraction of sp³-hybridized carbons (Fsp3) is 0.320. The molecule has 3 heteroatoms. The molecule has 2 aliphatic carbocycles. The summed E-state index contributed by atoms with van der Waals surface area (Å²) < 4.78 is 13.3. The van der Waals surface area contributed by atoms with Crippen molar-refractivity contribution in [2.75, 3.05) is 0 Å². The molecule has 0 saturated heterocycles. The van der Waals surface area contributed by atoms with E-state index in [4.69, 9.17) is 0 Å². The SMILES string of the molecule is CC1=C2CCC[C@H](O)[C@@]2(Cc2ccccc2)C/C(=C\c2ccc(F)cc2)C1=O. The lowest BCUT2D eigenvalue weighted by atomic mass is 9.57. The summed E-state index contributed by atoms with van der Waals surface area (Å²) in [6.07, 6.45) is 5.15. The van der Waals surface area contributed by atoms with Gasteiger partial charge >= 0.3 is 0 Å². The molecule has 0 bridgehead atoms. The molecule has 0 aromatic heterocycles. The van der Waals surface area contributed by atoms with Crippen LogP contribution >= 0.6 is 0 Å². The van der Waals surface area contributed by atoms with E-state index >= 15 is 0 Å². The Morgan fingerprint density at radius 1 is 1.14 bits per heavy atom. The predicted molar refractivity (Wildman–Crippen MR) is 109 cm³/mol. The van der Waals surface area contributed by atoms with Gasteiger partial charge in [0, 0.05) is 11.0 Å². The number of fused-ring (bicyclic) bond motifs is 1. The van der Waals surface area contributed by atoms with Crippen LogP contribution in [0.15, 0.2) is 71.3 Å². The van der Waals surface area contributed by atoms with Gasteiger partial charge in [0.25, 0.3) is 0 Å². The summed E-state index contributed by atoms with van der Waals surface area (Å²) >= 11 is 0. The van der Waals surface area contributed by atoms with E-state index in [9.17, 15) is 14.3 Å². The van der Waals surface area contributed by atoms with Crippen molar-refractivity contribution >= 4 is 11.9 Å². The molecule has 0 amide bonds. The van der Waals surface area contributed by atoms with E-state index in [1.165, 1.54) is 17.7 Å². The van der Waals surface area contributed by atoms with Crippen LogP contribution in [0.3, 0.4) is 0 Å². The van der Waals surface area contributed by atoms with E-state index in [2.05, 4.69) is 12.1 Å². The van der Waals surface area contributed by atoms with Gasteiger partial charge in [-0.25, -0.2) is 4.39 Å². The summed E-state index contributed by atoms with van der Waals surface area (Å²) in [5, 5.41) is 11.1. The highest BCUT2D eigenvalue weighted by atomic mass is 19.1. The first-order chi connectivity index (χ1) is 13.5. The van der Waals surface area contributed by atoms with Gasteiger partial charge < -0.3 is 5.11 Å². The van der Waals surface area contributed by atoms with Gasteiger partial charge in [-0.15, -0.1) is 0 Å². The highest BCUT2D eigenvalue weighted by Crippen LogP contribution is 2.52. The number of carbonyl (C=O) groups excluding carboxylic acids is 1. The fourth-order valence-electron chi connectivity index (χ4n) is 4.91. The number of benzene rings is 2. The van der Waals surface area contributed by atoms with Crippen molar-refractivity contribution in [1.82, 2.24) is 0 Å². The molecule has 0 aliphatic heterocycles. The van der Waals surface area contributed by atoms with Crippen LogP contribution in [0, 0.1) is 11.2 Å². The van der Waals surface area contributed by atoms with Crippen molar-refractivity contribution in [2.45, 2.75) is 45.1 Å². The second-order valence-corrected chi connectivity index (χ2v) is 8.06. The molecule has 0 heterocycles. The lowest BCUT2D eigenvalue weighted by Gasteiger charge is -2.48. The molecule has 2 aromatic carbocycles. The van der Waals surface area contributed by atoms with E-state index in [-0.39, 0.29) is 11.6 Å². The molecule has 144 valence electrons. The molecule has 0 spiro atoms. The maximum absolute atomic E-state index is 13.3. The van der Waals surface area contributed by atoms with Crippen LogP contribution in [0.2, 0.25) is 0 Å². The molecule has 2 aliphatic rings. The minimum atomic E-state index is -0.476. The summed E-state index contributed by atoms with van der Waals surface area (Å²) in [7, 11) is 0. The molecule has 2 nitrogen and oxygen atoms in total. The minimum Gasteiger partial charge on any atom is -0.392 e. The Hall–Kier alpha value is -2.52. The third-order valence-corrected chi connectivity index (χ3v) is 6.31. The summed E-state index contributed by atoms with van der Waals surface area (Å²) in [4.78, 5) is 13.1. The molecule has 0 unspecified atom stereocenters. The number of carbonyl (C=O) groups is 1. The Bertz CT molecular complexity index is 940. The second-order valence-electron chi connectivity index (χ2n) is 8.06. The smallest absolute Gasteiger partial charge is 0.184 e. The number of hydrogen-bond donors (Lipinski definition) is 1. The lowest BCUT2D eigenvalue weighted by molar-refractivity contribution is -0.113. The van der Waals surface area contributed by atoms with E-state index < -0.39 is 11.5 Å². The zero-order chi connectivity index (χ0) is 19.7. The molecule has 2 aromatic rings. The third kappa shape index (κ3) is 3.35. The predicted octanol–water partition coefficient (Wildman–Crippen LogP) is 5.27. The van der Waals surface area contributed by atoms with Gasteiger partial charge in [-0.1, -0.05) is 48.0 Å². The molecule has 28 heavy (non-hydrogen) atoms. The van der Waals surface area contributed by atoms with Crippen molar-refractivity contribution in [3.63, 3.8) is 0 Å². The van der Waals surface area contributed by atoms with Gasteiger partial charge in [-0.05, 0) is 73.9 Å². The van der Waals surface area contributed by atoms with Crippen LogP contribution in [0.1, 0.15) is 43.7 Å². The third-order valence-electron chi connectivity index (χ3n) is 6.31. The maximum atomic E-state index is 13.3. The van der Waals surface area contributed by atoms with Crippen LogP contribution in [-0.4, -0.2) is 17.0 Å². The average Bonchev–Trinajstić information content (AvgIpc) is 2.70. The zero-order valence-corrected chi connectivity index (χ0v) is 16.1. The Morgan fingerprint density at radius 2 is 1.86 bits per heavy atom. The molecular formula is C25H25FO2. The van der Waals surface area contributed by atoms with Crippen molar-refractivity contribution in [1.29, 1.82) is 0 Å². The van der Waals surface area contributed by atoms with Gasteiger partial charge in [-0.3, -0.25) is 4.79 Å². The van der Waals surface area contributed by atoms with Crippen molar-refractivity contribution in [3.05, 3.63) is 88.3 Å². The van der Waals surface area contributed by atoms with Crippen LogP contribution < -0.4 is 0 Å². The van der Waals surface area contributed by atoms with Gasteiger partial charge in [0.05, 0.1) is 6.10 Å². The Labute approximate surface area is 165 Å². The van der Waals surface area contributed by atoms with Gasteiger partial charge in [-0.2, -0.15) is 0 Å². The van der Waals surface area contributed by atoms with Crippen molar-refractivity contribution < 1.29 is 14.3 Å². The van der Waals surface area contributed by atoms with E-state index in [0.29, 0.717) is 12.0 Å². The Morgan fingerprint density at radius 3 is 2.57 bits per heavy atom.